The van der Waals surface area contributed by atoms with Gasteiger partial charge in [0.25, 0.3) is 0 Å². The maximum absolute atomic E-state index is 12.3. The Morgan fingerprint density at radius 2 is 1.57 bits per heavy atom. The zero-order valence-corrected chi connectivity index (χ0v) is 22.0. The molecule has 14 heteroatoms. The standard InChI is InChI=1S/C23H35N7O7/c1-22(2,3)36-19(31)25-18(26-20(32)37-23(4,5)6)24-13-9-12(10-13)16-27-28-17(35-16)15-8-7-14-11-29(15)21(33)30(14)34/h12-15,34H,7-11H2,1-6H3,(H2,24,25,26,31,32)/t12?,13?,14-,15+/m1/s1. The second-order valence-electron chi connectivity index (χ2n) is 11.6. The highest BCUT2D eigenvalue weighted by Crippen LogP contribution is 2.41. The Labute approximate surface area is 214 Å². The molecule has 1 aromatic heterocycles. The number of hydroxylamine groups is 2. The largest absolute Gasteiger partial charge is 0.444 e. The number of nitrogens with zero attached hydrogens (tertiary/aromatic N) is 5. The van der Waals surface area contributed by atoms with Crippen LogP contribution in [0.2, 0.25) is 0 Å². The van der Waals surface area contributed by atoms with Gasteiger partial charge in [-0.1, -0.05) is 0 Å². The molecule has 4 amide bonds. The Balaban J connectivity index is 1.38. The molecular weight excluding hydrogens is 486 g/mol. The summed E-state index contributed by atoms with van der Waals surface area (Å²) >= 11 is 0. The number of aliphatic imine (C=N–C) groups is 1. The molecule has 37 heavy (non-hydrogen) atoms. The van der Waals surface area contributed by atoms with E-state index in [2.05, 4.69) is 25.8 Å². The maximum Gasteiger partial charge on any atom is 0.414 e. The van der Waals surface area contributed by atoms with Crippen molar-refractivity contribution >= 4 is 24.2 Å². The fourth-order valence-electron chi connectivity index (χ4n) is 4.43. The number of fused-ring (bicyclic) bond motifs is 2. The van der Waals surface area contributed by atoms with Crippen molar-refractivity contribution in [2.45, 2.75) is 102 Å². The average Bonchev–Trinajstić information content (AvgIpc) is 3.28. The minimum Gasteiger partial charge on any atom is -0.444 e. The quantitative estimate of drug-likeness (QED) is 0.307. The first kappa shape index (κ1) is 26.6. The van der Waals surface area contributed by atoms with E-state index in [-0.39, 0.29) is 30.0 Å². The number of rotatable bonds is 3. The van der Waals surface area contributed by atoms with E-state index in [4.69, 9.17) is 13.9 Å². The highest BCUT2D eigenvalue weighted by Gasteiger charge is 2.47. The molecule has 0 aromatic carbocycles. The second kappa shape index (κ2) is 9.80. The van der Waals surface area contributed by atoms with E-state index in [1.54, 1.807) is 46.4 Å². The van der Waals surface area contributed by atoms with Gasteiger partial charge in [-0.05, 0) is 67.2 Å². The van der Waals surface area contributed by atoms with Crippen LogP contribution in [0.3, 0.4) is 0 Å². The first-order valence-corrected chi connectivity index (χ1v) is 12.4. The molecule has 14 nitrogen and oxygen atoms in total. The Morgan fingerprint density at radius 3 is 2.14 bits per heavy atom. The first-order chi connectivity index (χ1) is 17.2. The van der Waals surface area contributed by atoms with Gasteiger partial charge < -0.3 is 18.8 Å². The Bertz CT molecular complexity index is 1040. The molecule has 4 rings (SSSR count). The van der Waals surface area contributed by atoms with Crippen LogP contribution in [0.4, 0.5) is 14.4 Å². The zero-order valence-electron chi connectivity index (χ0n) is 22.0. The minimum absolute atomic E-state index is 0.0562. The van der Waals surface area contributed by atoms with Crippen molar-refractivity contribution in [3.8, 4) is 0 Å². The molecule has 2 bridgehead atoms. The molecule has 3 heterocycles. The van der Waals surface area contributed by atoms with Crippen molar-refractivity contribution in [2.75, 3.05) is 6.54 Å². The Kier molecular flexibility index (Phi) is 7.06. The van der Waals surface area contributed by atoms with Crippen molar-refractivity contribution in [3.63, 3.8) is 0 Å². The van der Waals surface area contributed by atoms with Crippen molar-refractivity contribution in [2.24, 2.45) is 4.99 Å². The molecule has 2 aliphatic heterocycles. The number of nitrogens with one attached hydrogen (secondary N) is 2. The van der Waals surface area contributed by atoms with Crippen molar-refractivity contribution in [3.05, 3.63) is 11.8 Å². The van der Waals surface area contributed by atoms with Crippen LogP contribution in [0, 0.1) is 0 Å². The van der Waals surface area contributed by atoms with Gasteiger partial charge in [-0.3, -0.25) is 15.8 Å². The van der Waals surface area contributed by atoms with Crippen molar-refractivity contribution in [1.29, 1.82) is 0 Å². The van der Waals surface area contributed by atoms with Crippen molar-refractivity contribution in [1.82, 2.24) is 30.8 Å². The summed E-state index contributed by atoms with van der Waals surface area (Å²) in [6.45, 7) is 10.8. The number of ether oxygens (including phenoxy) is 2. The molecule has 0 unspecified atom stereocenters. The van der Waals surface area contributed by atoms with Gasteiger partial charge in [0.1, 0.15) is 17.2 Å². The third kappa shape index (κ3) is 6.48. The summed E-state index contributed by atoms with van der Waals surface area (Å²) in [5.74, 6) is 0.663. The number of hydrogen-bond donors (Lipinski definition) is 3. The summed E-state index contributed by atoms with van der Waals surface area (Å²) < 4.78 is 16.4. The summed E-state index contributed by atoms with van der Waals surface area (Å²) in [5.41, 5.74) is -1.46. The lowest BCUT2D eigenvalue weighted by atomic mass is 9.80. The molecule has 1 saturated carbocycles. The average molecular weight is 522 g/mol. The number of hydrogen-bond acceptors (Lipinski definition) is 10. The number of aromatic nitrogens is 2. The fourth-order valence-corrected chi connectivity index (χ4v) is 4.43. The predicted molar refractivity (Wildman–Crippen MR) is 128 cm³/mol. The van der Waals surface area contributed by atoms with Gasteiger partial charge in [0.05, 0.1) is 12.1 Å². The first-order valence-electron chi connectivity index (χ1n) is 12.4. The van der Waals surface area contributed by atoms with Gasteiger partial charge in [0, 0.05) is 12.5 Å². The molecule has 1 aromatic rings. The molecule has 204 valence electrons. The van der Waals surface area contributed by atoms with Crippen LogP contribution in [-0.4, -0.2) is 79.4 Å². The lowest BCUT2D eigenvalue weighted by Crippen LogP contribution is -2.48. The number of carbonyl (C=O) groups excluding carboxylic acids is 3. The van der Waals surface area contributed by atoms with E-state index in [0.29, 0.717) is 44.0 Å². The lowest BCUT2D eigenvalue weighted by Gasteiger charge is -2.31. The number of alkyl carbamates (subject to hydrolysis) is 2. The number of piperidine rings is 1. The molecule has 1 aliphatic carbocycles. The summed E-state index contributed by atoms with van der Waals surface area (Å²) in [6.07, 6.45) is 0.871. The van der Waals surface area contributed by atoms with Gasteiger partial charge in [0.2, 0.25) is 17.7 Å². The lowest BCUT2D eigenvalue weighted by molar-refractivity contribution is -0.0584. The van der Waals surface area contributed by atoms with Crippen LogP contribution >= 0.6 is 0 Å². The third-order valence-electron chi connectivity index (χ3n) is 6.10. The Morgan fingerprint density at radius 1 is 1.00 bits per heavy atom. The van der Waals surface area contributed by atoms with Crippen LogP contribution in [0.15, 0.2) is 9.41 Å². The predicted octanol–water partition coefficient (Wildman–Crippen LogP) is 3.05. The van der Waals surface area contributed by atoms with E-state index < -0.39 is 29.4 Å². The van der Waals surface area contributed by atoms with Crippen LogP contribution in [0.5, 0.6) is 0 Å². The summed E-state index contributed by atoms with van der Waals surface area (Å²) in [6, 6.07) is -1.24. The number of carbonyl (C=O) groups is 3. The van der Waals surface area contributed by atoms with Gasteiger partial charge in [-0.25, -0.2) is 24.4 Å². The van der Waals surface area contributed by atoms with Crippen molar-refractivity contribution < 1.29 is 33.5 Å². The van der Waals surface area contributed by atoms with Gasteiger partial charge in [-0.2, -0.15) is 0 Å². The molecular formula is C23H35N7O7. The van der Waals surface area contributed by atoms with E-state index in [0.717, 1.165) is 5.06 Å². The summed E-state index contributed by atoms with van der Waals surface area (Å²) in [5, 5.41) is 24.0. The van der Waals surface area contributed by atoms with Crippen LogP contribution in [0.1, 0.15) is 91.0 Å². The van der Waals surface area contributed by atoms with E-state index in [1.165, 1.54) is 0 Å². The Hall–Kier alpha value is -3.42. The maximum atomic E-state index is 12.3. The molecule has 3 aliphatic rings. The highest BCUT2D eigenvalue weighted by atomic mass is 16.6. The number of urea groups is 1. The number of guanidine groups is 1. The smallest absolute Gasteiger partial charge is 0.414 e. The van der Waals surface area contributed by atoms with Crippen LogP contribution in [-0.2, 0) is 9.47 Å². The minimum atomic E-state index is -0.757. The monoisotopic (exact) mass is 521 g/mol. The van der Waals surface area contributed by atoms with Gasteiger partial charge >= 0.3 is 18.2 Å². The normalized spacial score (nSPS) is 25.3. The van der Waals surface area contributed by atoms with Crippen LogP contribution in [0.25, 0.3) is 0 Å². The van der Waals surface area contributed by atoms with Gasteiger partial charge in [0.15, 0.2) is 0 Å². The van der Waals surface area contributed by atoms with E-state index in [1.807, 2.05) is 0 Å². The molecule has 2 atom stereocenters. The molecule has 2 saturated heterocycles. The summed E-state index contributed by atoms with van der Waals surface area (Å²) in [7, 11) is 0. The number of amides is 4. The SMILES string of the molecule is CC(C)(C)OC(=O)NC(=NC1CC(c2nnc([C@@H]3CC[C@@H]4CN3C(=O)N4O)o2)C1)NC(=O)OC(C)(C)C. The third-order valence-corrected chi connectivity index (χ3v) is 6.10. The zero-order chi connectivity index (χ0) is 27.1. The molecule has 3 fully saturated rings. The fraction of sp³-hybridized carbons (Fsp3) is 0.739. The van der Waals surface area contributed by atoms with Crippen LogP contribution < -0.4 is 10.6 Å². The molecule has 0 spiro atoms. The highest BCUT2D eigenvalue weighted by molar-refractivity contribution is 6.01. The second-order valence-corrected chi connectivity index (χ2v) is 11.6. The van der Waals surface area contributed by atoms with E-state index in [9.17, 15) is 19.6 Å². The topological polar surface area (TPSA) is 172 Å². The molecule has 0 radical (unpaired) electrons. The molecule has 3 N–H and O–H groups in total. The van der Waals surface area contributed by atoms with Gasteiger partial charge in [-0.15, -0.1) is 10.2 Å². The summed E-state index contributed by atoms with van der Waals surface area (Å²) in [4.78, 5) is 42.8. The van der Waals surface area contributed by atoms with E-state index >= 15 is 0 Å².